The molecule has 1 aliphatic heterocycles. The van der Waals surface area contributed by atoms with Crippen molar-refractivity contribution >= 4 is 21.6 Å². The van der Waals surface area contributed by atoms with E-state index in [-0.39, 0.29) is 12.4 Å². The molecule has 6 nitrogen and oxygen atoms in total. The number of amides is 1. The normalized spacial score (nSPS) is 18.7. The number of hydrogen-bond acceptors (Lipinski definition) is 5. The number of carbonyl (C=O) groups excluding carboxylic acids is 1. The molecule has 2 rings (SSSR count). The van der Waals surface area contributed by atoms with Crippen LogP contribution in [0.25, 0.3) is 0 Å². The molecule has 1 fully saturated rings. The number of sulfonamides is 1. The SMILES string of the molecule is COCCS(=O)(=O)NC(=O)[C@H]1CCCN1c1ccccc1. The van der Waals surface area contributed by atoms with Crippen molar-refractivity contribution in [2.75, 3.05) is 30.9 Å². The van der Waals surface area contributed by atoms with Crippen LogP contribution < -0.4 is 9.62 Å². The summed E-state index contributed by atoms with van der Waals surface area (Å²) in [4.78, 5) is 14.2. The fourth-order valence-corrected chi connectivity index (χ4v) is 3.36. The second-order valence-corrected chi connectivity index (χ2v) is 6.81. The summed E-state index contributed by atoms with van der Waals surface area (Å²) in [6.07, 6.45) is 1.52. The fraction of sp³-hybridized carbons (Fsp3) is 0.500. The topological polar surface area (TPSA) is 75.7 Å². The first-order valence-electron chi connectivity index (χ1n) is 6.88. The van der Waals surface area contributed by atoms with Crippen molar-refractivity contribution in [1.82, 2.24) is 4.72 Å². The van der Waals surface area contributed by atoms with E-state index in [1.807, 2.05) is 35.2 Å². The summed E-state index contributed by atoms with van der Waals surface area (Å²) in [6, 6.07) is 9.11. The van der Waals surface area contributed by atoms with Gasteiger partial charge < -0.3 is 9.64 Å². The molecule has 116 valence electrons. The third-order valence-electron chi connectivity index (χ3n) is 3.46. The van der Waals surface area contributed by atoms with Gasteiger partial charge in [-0.2, -0.15) is 0 Å². The molecule has 0 saturated carbocycles. The molecular formula is C14H20N2O4S. The zero-order chi connectivity index (χ0) is 15.3. The highest BCUT2D eigenvalue weighted by atomic mass is 32.2. The second-order valence-electron chi connectivity index (χ2n) is 4.96. The van der Waals surface area contributed by atoms with Crippen molar-refractivity contribution in [2.24, 2.45) is 0 Å². The molecule has 0 spiro atoms. The molecule has 1 amide bonds. The largest absolute Gasteiger partial charge is 0.384 e. The quantitative estimate of drug-likeness (QED) is 0.839. The predicted molar refractivity (Wildman–Crippen MR) is 80.6 cm³/mol. The number of nitrogens with zero attached hydrogens (tertiary/aromatic N) is 1. The molecule has 1 aromatic rings. The lowest BCUT2D eigenvalue weighted by molar-refractivity contribution is -0.120. The Morgan fingerprint density at radius 1 is 1.38 bits per heavy atom. The maximum atomic E-state index is 12.2. The number of para-hydroxylation sites is 1. The Morgan fingerprint density at radius 2 is 2.10 bits per heavy atom. The number of nitrogens with one attached hydrogen (secondary N) is 1. The summed E-state index contributed by atoms with van der Waals surface area (Å²) in [7, 11) is -2.22. The zero-order valence-corrected chi connectivity index (χ0v) is 12.8. The van der Waals surface area contributed by atoms with E-state index in [1.165, 1.54) is 7.11 Å². The monoisotopic (exact) mass is 312 g/mol. The van der Waals surface area contributed by atoms with Gasteiger partial charge in [0.1, 0.15) is 6.04 Å². The van der Waals surface area contributed by atoms with Gasteiger partial charge in [0.15, 0.2) is 0 Å². The molecule has 0 radical (unpaired) electrons. The number of anilines is 1. The number of benzene rings is 1. The molecule has 0 bridgehead atoms. The third-order valence-corrected chi connectivity index (χ3v) is 4.67. The van der Waals surface area contributed by atoms with Crippen LogP contribution in [0.1, 0.15) is 12.8 Å². The van der Waals surface area contributed by atoms with Crippen molar-refractivity contribution in [3.63, 3.8) is 0 Å². The molecule has 1 aliphatic rings. The van der Waals surface area contributed by atoms with E-state index in [0.717, 1.165) is 18.7 Å². The van der Waals surface area contributed by atoms with Crippen molar-refractivity contribution in [3.8, 4) is 0 Å². The summed E-state index contributed by atoms with van der Waals surface area (Å²) in [5, 5.41) is 0. The Kier molecular flexibility index (Phi) is 5.19. The van der Waals surface area contributed by atoms with Gasteiger partial charge >= 0.3 is 0 Å². The average Bonchev–Trinajstić information content (AvgIpc) is 2.95. The van der Waals surface area contributed by atoms with Crippen LogP contribution in [-0.4, -0.2) is 46.4 Å². The van der Waals surface area contributed by atoms with Crippen LogP contribution in [0.15, 0.2) is 30.3 Å². The molecule has 1 N–H and O–H groups in total. The van der Waals surface area contributed by atoms with Crippen molar-refractivity contribution < 1.29 is 17.9 Å². The highest BCUT2D eigenvalue weighted by Crippen LogP contribution is 2.25. The van der Waals surface area contributed by atoms with Gasteiger partial charge in [-0.3, -0.25) is 9.52 Å². The van der Waals surface area contributed by atoms with Crippen LogP contribution in [0, 0.1) is 0 Å². The molecule has 1 aromatic carbocycles. The first-order chi connectivity index (χ1) is 10.0. The Morgan fingerprint density at radius 3 is 2.76 bits per heavy atom. The number of methoxy groups -OCH3 is 1. The maximum absolute atomic E-state index is 12.2. The minimum atomic E-state index is -3.64. The van der Waals surface area contributed by atoms with E-state index in [4.69, 9.17) is 4.74 Å². The summed E-state index contributed by atoms with van der Waals surface area (Å²) >= 11 is 0. The average molecular weight is 312 g/mol. The third kappa shape index (κ3) is 4.18. The Balaban J connectivity index is 2.05. The number of hydrogen-bond donors (Lipinski definition) is 1. The van der Waals surface area contributed by atoms with Crippen LogP contribution in [0.3, 0.4) is 0 Å². The van der Waals surface area contributed by atoms with Crippen LogP contribution in [0.5, 0.6) is 0 Å². The minimum Gasteiger partial charge on any atom is -0.384 e. The van der Waals surface area contributed by atoms with E-state index in [0.29, 0.717) is 6.42 Å². The van der Waals surface area contributed by atoms with Crippen molar-refractivity contribution in [3.05, 3.63) is 30.3 Å². The molecule has 1 heterocycles. The Bertz CT molecular complexity index is 574. The first-order valence-corrected chi connectivity index (χ1v) is 8.54. The van der Waals surface area contributed by atoms with Gasteiger partial charge in [-0.15, -0.1) is 0 Å². The fourth-order valence-electron chi connectivity index (χ4n) is 2.43. The number of carbonyl (C=O) groups is 1. The molecule has 21 heavy (non-hydrogen) atoms. The van der Waals surface area contributed by atoms with Crippen LogP contribution in [0.4, 0.5) is 5.69 Å². The predicted octanol–water partition coefficient (Wildman–Crippen LogP) is 0.748. The van der Waals surface area contributed by atoms with E-state index in [1.54, 1.807) is 0 Å². The van der Waals surface area contributed by atoms with Crippen LogP contribution in [0.2, 0.25) is 0 Å². The molecule has 0 aliphatic carbocycles. The standard InChI is InChI=1S/C14H20N2O4S/c1-20-10-11-21(18,19)15-14(17)13-8-5-9-16(13)12-6-3-2-4-7-12/h2-4,6-7,13H,5,8-11H2,1H3,(H,15,17)/t13-/m1/s1. The van der Waals surface area contributed by atoms with Crippen molar-refractivity contribution in [1.29, 1.82) is 0 Å². The van der Waals surface area contributed by atoms with Crippen molar-refractivity contribution in [2.45, 2.75) is 18.9 Å². The number of rotatable bonds is 6. The lowest BCUT2D eigenvalue weighted by Crippen LogP contribution is -2.46. The molecule has 0 aromatic heterocycles. The second kappa shape index (κ2) is 6.91. The van der Waals surface area contributed by atoms with Gasteiger partial charge in [0, 0.05) is 19.3 Å². The Hall–Kier alpha value is -1.60. The van der Waals surface area contributed by atoms with E-state index in [2.05, 4.69) is 4.72 Å². The zero-order valence-electron chi connectivity index (χ0n) is 12.0. The van der Waals surface area contributed by atoms with E-state index >= 15 is 0 Å². The first kappa shape index (κ1) is 15.8. The molecular weight excluding hydrogens is 292 g/mol. The smallest absolute Gasteiger partial charge is 0.256 e. The summed E-state index contributed by atoms with van der Waals surface area (Å²) in [5.74, 6) is -0.680. The van der Waals surface area contributed by atoms with E-state index in [9.17, 15) is 13.2 Å². The van der Waals surface area contributed by atoms with Gasteiger partial charge in [0.2, 0.25) is 10.0 Å². The molecule has 1 saturated heterocycles. The van der Waals surface area contributed by atoms with E-state index < -0.39 is 22.0 Å². The lowest BCUT2D eigenvalue weighted by atomic mass is 10.2. The molecule has 1 atom stereocenters. The summed E-state index contributed by atoms with van der Waals surface area (Å²) in [5.41, 5.74) is 0.935. The van der Waals surface area contributed by atoms with Gasteiger partial charge in [-0.05, 0) is 25.0 Å². The highest BCUT2D eigenvalue weighted by Gasteiger charge is 2.32. The molecule has 0 unspecified atom stereocenters. The van der Waals surface area contributed by atoms with Gasteiger partial charge in [0.25, 0.3) is 5.91 Å². The highest BCUT2D eigenvalue weighted by molar-refractivity contribution is 7.90. The van der Waals surface area contributed by atoms with Gasteiger partial charge in [-0.25, -0.2) is 8.42 Å². The van der Waals surface area contributed by atoms with Crippen LogP contribution >= 0.6 is 0 Å². The summed E-state index contributed by atoms with van der Waals surface area (Å²) in [6.45, 7) is 0.815. The molecule has 7 heteroatoms. The Labute approximate surface area is 125 Å². The lowest BCUT2D eigenvalue weighted by Gasteiger charge is -2.25. The number of ether oxygens (including phenoxy) is 1. The maximum Gasteiger partial charge on any atom is 0.256 e. The van der Waals surface area contributed by atoms with Crippen LogP contribution in [-0.2, 0) is 19.6 Å². The van der Waals surface area contributed by atoms with Gasteiger partial charge in [-0.1, -0.05) is 18.2 Å². The minimum absolute atomic E-state index is 0.0652. The summed E-state index contributed by atoms with van der Waals surface area (Å²) < 4.78 is 30.4. The van der Waals surface area contributed by atoms with Gasteiger partial charge in [0.05, 0.1) is 12.4 Å².